The SMILES string of the molecule is COc1ccc(NC(=O)[C@H]2CCCN(c3cnc4nc(C)c(C)nc4c3)C2)cc1F. The molecular formula is C22H24FN5O2. The van der Waals surface area contributed by atoms with Crippen LogP contribution in [0.1, 0.15) is 24.2 Å². The lowest BCUT2D eigenvalue weighted by atomic mass is 9.96. The number of aryl methyl sites for hydroxylation is 2. The molecule has 8 heteroatoms. The monoisotopic (exact) mass is 409 g/mol. The molecule has 1 aliphatic rings. The van der Waals surface area contributed by atoms with Gasteiger partial charge in [-0.2, -0.15) is 0 Å². The second-order valence-electron chi connectivity index (χ2n) is 7.55. The highest BCUT2D eigenvalue weighted by atomic mass is 19.1. The first-order valence-corrected chi connectivity index (χ1v) is 9.95. The Morgan fingerprint density at radius 3 is 2.80 bits per heavy atom. The van der Waals surface area contributed by atoms with Crippen LogP contribution < -0.4 is 15.0 Å². The van der Waals surface area contributed by atoms with Crippen molar-refractivity contribution in [2.24, 2.45) is 5.92 Å². The van der Waals surface area contributed by atoms with Crippen molar-refractivity contribution in [3.8, 4) is 5.75 Å². The molecule has 0 saturated carbocycles. The molecule has 1 amide bonds. The quantitative estimate of drug-likeness (QED) is 0.709. The summed E-state index contributed by atoms with van der Waals surface area (Å²) in [6.45, 7) is 5.25. The number of anilines is 2. The van der Waals surface area contributed by atoms with Crippen LogP contribution in [0.25, 0.3) is 11.2 Å². The summed E-state index contributed by atoms with van der Waals surface area (Å²) in [6, 6.07) is 6.38. The van der Waals surface area contributed by atoms with E-state index in [1.54, 1.807) is 12.3 Å². The van der Waals surface area contributed by atoms with Crippen molar-refractivity contribution in [1.29, 1.82) is 0 Å². The largest absolute Gasteiger partial charge is 0.494 e. The van der Waals surface area contributed by atoms with Crippen molar-refractivity contribution in [1.82, 2.24) is 15.0 Å². The Kier molecular flexibility index (Phi) is 5.48. The van der Waals surface area contributed by atoms with Crippen LogP contribution in [0, 0.1) is 25.6 Å². The number of nitrogens with zero attached hydrogens (tertiary/aromatic N) is 4. The van der Waals surface area contributed by atoms with Gasteiger partial charge in [0.05, 0.1) is 36.3 Å². The maximum Gasteiger partial charge on any atom is 0.229 e. The van der Waals surface area contributed by atoms with Crippen LogP contribution in [0.15, 0.2) is 30.5 Å². The lowest BCUT2D eigenvalue weighted by Gasteiger charge is -2.33. The summed E-state index contributed by atoms with van der Waals surface area (Å²) >= 11 is 0. The number of benzene rings is 1. The lowest BCUT2D eigenvalue weighted by Crippen LogP contribution is -2.40. The molecule has 3 heterocycles. The third-order valence-corrected chi connectivity index (χ3v) is 5.49. The third-order valence-electron chi connectivity index (χ3n) is 5.49. The summed E-state index contributed by atoms with van der Waals surface area (Å²) in [7, 11) is 1.41. The van der Waals surface area contributed by atoms with Gasteiger partial charge in [0.15, 0.2) is 17.2 Å². The van der Waals surface area contributed by atoms with E-state index in [-0.39, 0.29) is 17.6 Å². The summed E-state index contributed by atoms with van der Waals surface area (Å²) < 4.78 is 18.8. The summed E-state index contributed by atoms with van der Waals surface area (Å²) in [5.41, 5.74) is 4.46. The minimum Gasteiger partial charge on any atom is -0.494 e. The van der Waals surface area contributed by atoms with Gasteiger partial charge in [0, 0.05) is 24.8 Å². The number of fused-ring (bicyclic) bond motifs is 1. The van der Waals surface area contributed by atoms with E-state index in [9.17, 15) is 9.18 Å². The number of aromatic nitrogens is 3. The van der Waals surface area contributed by atoms with E-state index >= 15 is 0 Å². The Labute approximate surface area is 174 Å². The smallest absolute Gasteiger partial charge is 0.229 e. The molecule has 0 aliphatic carbocycles. The first-order valence-electron chi connectivity index (χ1n) is 9.95. The molecule has 0 spiro atoms. The molecule has 1 saturated heterocycles. The number of piperidine rings is 1. The number of amides is 1. The van der Waals surface area contributed by atoms with Gasteiger partial charge in [-0.25, -0.2) is 19.3 Å². The molecule has 0 bridgehead atoms. The topological polar surface area (TPSA) is 80.2 Å². The molecule has 1 atom stereocenters. The van der Waals surface area contributed by atoms with Crippen LogP contribution in [0.3, 0.4) is 0 Å². The number of carbonyl (C=O) groups excluding carboxylic acids is 1. The number of carbonyl (C=O) groups is 1. The molecule has 1 aromatic carbocycles. The molecule has 2 aromatic heterocycles. The maximum absolute atomic E-state index is 13.9. The highest BCUT2D eigenvalue weighted by Gasteiger charge is 2.26. The molecule has 0 unspecified atom stereocenters. The average molecular weight is 409 g/mol. The molecule has 0 radical (unpaired) electrons. The Balaban J connectivity index is 1.48. The van der Waals surface area contributed by atoms with Gasteiger partial charge < -0.3 is 15.0 Å². The number of rotatable bonds is 4. The maximum atomic E-state index is 13.9. The van der Waals surface area contributed by atoms with Crippen molar-refractivity contribution in [3.05, 3.63) is 47.7 Å². The Morgan fingerprint density at radius 1 is 1.23 bits per heavy atom. The zero-order chi connectivity index (χ0) is 21.3. The summed E-state index contributed by atoms with van der Waals surface area (Å²) in [6.07, 6.45) is 3.44. The van der Waals surface area contributed by atoms with E-state index in [1.807, 2.05) is 19.9 Å². The van der Waals surface area contributed by atoms with Gasteiger partial charge in [0.1, 0.15) is 5.52 Å². The van der Waals surface area contributed by atoms with E-state index in [0.717, 1.165) is 42.0 Å². The third kappa shape index (κ3) is 4.03. The zero-order valence-corrected chi connectivity index (χ0v) is 17.3. The van der Waals surface area contributed by atoms with E-state index in [4.69, 9.17) is 4.74 Å². The van der Waals surface area contributed by atoms with E-state index in [1.165, 1.54) is 19.2 Å². The van der Waals surface area contributed by atoms with E-state index in [2.05, 4.69) is 25.2 Å². The number of pyridine rings is 1. The number of hydrogen-bond acceptors (Lipinski definition) is 6. The fraction of sp³-hybridized carbons (Fsp3) is 0.364. The van der Waals surface area contributed by atoms with Gasteiger partial charge in [-0.15, -0.1) is 0 Å². The highest BCUT2D eigenvalue weighted by Crippen LogP contribution is 2.26. The predicted octanol–water partition coefficient (Wildman–Crippen LogP) is 3.64. The minimum atomic E-state index is -0.505. The first kappa shape index (κ1) is 20.0. The van der Waals surface area contributed by atoms with E-state index in [0.29, 0.717) is 17.9 Å². The number of methoxy groups -OCH3 is 1. The Morgan fingerprint density at radius 2 is 2.03 bits per heavy atom. The zero-order valence-electron chi connectivity index (χ0n) is 17.3. The van der Waals surface area contributed by atoms with Crippen LogP contribution in [-0.2, 0) is 4.79 Å². The standard InChI is InChI=1S/C22H24FN5O2/c1-13-14(2)26-21-19(25-13)10-17(11-24-21)28-8-4-5-15(12-28)22(29)27-16-6-7-20(30-3)18(23)9-16/h6-7,9-11,15H,4-5,8,12H2,1-3H3,(H,27,29)/t15-/m0/s1. The van der Waals surface area contributed by atoms with Crippen LogP contribution in [0.4, 0.5) is 15.8 Å². The van der Waals surface area contributed by atoms with Crippen LogP contribution in [-0.4, -0.2) is 41.1 Å². The van der Waals surface area contributed by atoms with Gasteiger partial charge in [0.25, 0.3) is 0 Å². The fourth-order valence-corrected chi connectivity index (χ4v) is 3.69. The number of nitrogens with one attached hydrogen (secondary N) is 1. The van der Waals surface area contributed by atoms with Gasteiger partial charge in [-0.05, 0) is 44.9 Å². The minimum absolute atomic E-state index is 0.121. The molecule has 4 rings (SSSR count). The van der Waals surface area contributed by atoms with Gasteiger partial charge >= 0.3 is 0 Å². The molecule has 156 valence electrons. The molecular weight excluding hydrogens is 385 g/mol. The fourth-order valence-electron chi connectivity index (χ4n) is 3.69. The van der Waals surface area contributed by atoms with Gasteiger partial charge in [-0.3, -0.25) is 4.79 Å². The summed E-state index contributed by atoms with van der Waals surface area (Å²) in [5, 5.41) is 2.82. The molecule has 1 fully saturated rings. The number of halogens is 1. The Hall–Kier alpha value is -3.29. The molecule has 30 heavy (non-hydrogen) atoms. The average Bonchev–Trinajstić information content (AvgIpc) is 2.74. The first-order chi connectivity index (χ1) is 14.4. The summed E-state index contributed by atoms with van der Waals surface area (Å²) in [4.78, 5) is 28.4. The Bertz CT molecular complexity index is 1100. The predicted molar refractivity (Wildman–Crippen MR) is 113 cm³/mol. The van der Waals surface area contributed by atoms with Crippen LogP contribution >= 0.6 is 0 Å². The van der Waals surface area contributed by atoms with Crippen molar-refractivity contribution < 1.29 is 13.9 Å². The second-order valence-corrected chi connectivity index (χ2v) is 7.55. The van der Waals surface area contributed by atoms with Crippen molar-refractivity contribution in [2.45, 2.75) is 26.7 Å². The van der Waals surface area contributed by atoms with Crippen LogP contribution in [0.2, 0.25) is 0 Å². The summed E-state index contributed by atoms with van der Waals surface area (Å²) in [5.74, 6) is -0.682. The number of ether oxygens (including phenoxy) is 1. The molecule has 7 nitrogen and oxygen atoms in total. The highest BCUT2D eigenvalue weighted by molar-refractivity contribution is 5.93. The number of hydrogen-bond donors (Lipinski definition) is 1. The van der Waals surface area contributed by atoms with Gasteiger partial charge in [0.2, 0.25) is 5.91 Å². The molecule has 1 aliphatic heterocycles. The van der Waals surface area contributed by atoms with E-state index < -0.39 is 5.82 Å². The molecule has 3 aromatic rings. The second kappa shape index (κ2) is 8.22. The van der Waals surface area contributed by atoms with Crippen LogP contribution in [0.5, 0.6) is 5.75 Å². The van der Waals surface area contributed by atoms with Crippen molar-refractivity contribution in [2.75, 3.05) is 30.4 Å². The normalized spacial score (nSPS) is 16.5. The van der Waals surface area contributed by atoms with Crippen molar-refractivity contribution in [3.63, 3.8) is 0 Å². The molecule has 1 N–H and O–H groups in total. The van der Waals surface area contributed by atoms with Crippen molar-refractivity contribution >= 4 is 28.4 Å². The lowest BCUT2D eigenvalue weighted by molar-refractivity contribution is -0.120. The van der Waals surface area contributed by atoms with Gasteiger partial charge in [-0.1, -0.05) is 0 Å².